The minimum atomic E-state index is 0.0267. The number of thiophene rings is 1. The van der Waals surface area contributed by atoms with Gasteiger partial charge in [-0.05, 0) is 48.7 Å². The van der Waals surface area contributed by atoms with Crippen LogP contribution in [0.4, 0.5) is 0 Å². The molecule has 0 unspecified atom stereocenters. The number of halogens is 1. The molecule has 136 valence electrons. The van der Waals surface area contributed by atoms with Gasteiger partial charge in [-0.25, -0.2) is 0 Å². The van der Waals surface area contributed by atoms with E-state index in [-0.39, 0.29) is 11.7 Å². The van der Waals surface area contributed by atoms with E-state index in [9.17, 15) is 10.0 Å². The van der Waals surface area contributed by atoms with Crippen LogP contribution in [0.2, 0.25) is 0 Å². The van der Waals surface area contributed by atoms with E-state index in [4.69, 9.17) is 11.6 Å². The Balaban J connectivity index is 1.96. The Labute approximate surface area is 165 Å². The number of aromatic nitrogens is 1. The topological polar surface area (TPSA) is 54.6 Å². The number of ketones is 1. The van der Waals surface area contributed by atoms with E-state index in [0.717, 1.165) is 38.8 Å². The van der Waals surface area contributed by atoms with Crippen LogP contribution in [0.25, 0.3) is 21.8 Å². The molecular weight excluding hydrogens is 380 g/mol. The lowest BCUT2D eigenvalue weighted by Gasteiger charge is -2.04. The first-order valence-corrected chi connectivity index (χ1v) is 10.0. The zero-order valence-corrected chi connectivity index (χ0v) is 16.2. The van der Waals surface area contributed by atoms with Crippen LogP contribution in [-0.2, 0) is 6.54 Å². The minimum absolute atomic E-state index is 0.0267. The smallest absolute Gasteiger partial charge is 0.202 e. The number of oxime groups is 1. The van der Waals surface area contributed by atoms with Crippen molar-refractivity contribution >= 4 is 56.2 Å². The Bertz CT molecular complexity index is 1180. The summed E-state index contributed by atoms with van der Waals surface area (Å²) in [6, 6.07) is 15.4. The van der Waals surface area contributed by atoms with Gasteiger partial charge in [0.15, 0.2) is 0 Å². The van der Waals surface area contributed by atoms with E-state index in [2.05, 4.69) is 16.6 Å². The summed E-state index contributed by atoms with van der Waals surface area (Å²) in [7, 11) is 0. The molecule has 0 amide bonds. The summed E-state index contributed by atoms with van der Waals surface area (Å²) in [5.74, 6) is 0.148. The van der Waals surface area contributed by atoms with E-state index in [1.165, 1.54) is 11.3 Å². The van der Waals surface area contributed by atoms with Crippen LogP contribution < -0.4 is 0 Å². The molecule has 0 fully saturated rings. The highest BCUT2D eigenvalue weighted by molar-refractivity contribution is 7.12. The zero-order chi connectivity index (χ0) is 19.0. The summed E-state index contributed by atoms with van der Waals surface area (Å²) >= 11 is 7.33. The summed E-state index contributed by atoms with van der Waals surface area (Å²) < 4.78 is 2.21. The highest BCUT2D eigenvalue weighted by atomic mass is 35.5. The van der Waals surface area contributed by atoms with Gasteiger partial charge < -0.3 is 9.77 Å². The van der Waals surface area contributed by atoms with Crippen LogP contribution in [0.15, 0.2) is 59.1 Å². The molecule has 27 heavy (non-hydrogen) atoms. The molecule has 0 bridgehead atoms. The third-order valence-corrected chi connectivity index (χ3v) is 5.89. The molecule has 0 spiro atoms. The van der Waals surface area contributed by atoms with Gasteiger partial charge in [0.1, 0.15) is 5.71 Å². The molecule has 4 rings (SSSR count). The SMILES string of the molecule is CCn1c2ccc(C(=O)c3cccs3)cc2c2cc(C(CCl)=NO)ccc21. The quantitative estimate of drug-likeness (QED) is 0.159. The predicted octanol–water partition coefficient (Wildman–Crippen LogP) is 5.52. The molecule has 6 heteroatoms. The van der Waals surface area contributed by atoms with E-state index < -0.39 is 0 Å². The van der Waals surface area contributed by atoms with E-state index >= 15 is 0 Å². The average molecular weight is 397 g/mol. The van der Waals surface area contributed by atoms with Crippen molar-refractivity contribution in [2.75, 3.05) is 5.88 Å². The number of benzene rings is 2. The monoisotopic (exact) mass is 396 g/mol. The molecule has 0 aliphatic heterocycles. The Morgan fingerprint density at radius 2 is 1.78 bits per heavy atom. The molecule has 2 heterocycles. The summed E-state index contributed by atoms with van der Waals surface area (Å²) in [5, 5.41) is 16.4. The van der Waals surface area contributed by atoms with Gasteiger partial charge in [0.2, 0.25) is 5.78 Å². The second-order valence-electron chi connectivity index (χ2n) is 6.19. The number of rotatable bonds is 5. The Hall–Kier alpha value is -2.63. The maximum atomic E-state index is 12.8. The molecule has 0 radical (unpaired) electrons. The lowest BCUT2D eigenvalue weighted by molar-refractivity contribution is 0.104. The van der Waals surface area contributed by atoms with Crippen molar-refractivity contribution in [3.05, 3.63) is 69.9 Å². The first kappa shape index (κ1) is 17.8. The van der Waals surface area contributed by atoms with Crippen LogP contribution in [0, 0.1) is 0 Å². The molecule has 0 atom stereocenters. The van der Waals surface area contributed by atoms with Gasteiger partial charge in [-0.1, -0.05) is 17.3 Å². The van der Waals surface area contributed by atoms with Gasteiger partial charge in [-0.15, -0.1) is 22.9 Å². The van der Waals surface area contributed by atoms with Crippen LogP contribution >= 0.6 is 22.9 Å². The van der Waals surface area contributed by atoms with Crippen molar-refractivity contribution in [3.63, 3.8) is 0 Å². The average Bonchev–Trinajstić information content (AvgIpc) is 3.34. The summed E-state index contributed by atoms with van der Waals surface area (Å²) in [5.41, 5.74) is 4.00. The number of aryl methyl sites for hydroxylation is 1. The number of carbonyl (C=O) groups excluding carboxylic acids is 1. The normalized spacial score (nSPS) is 12.1. The molecule has 4 aromatic rings. The van der Waals surface area contributed by atoms with Crippen molar-refractivity contribution in [1.82, 2.24) is 4.57 Å². The largest absolute Gasteiger partial charge is 0.411 e. The molecule has 0 saturated carbocycles. The standard InChI is InChI=1S/C21H17ClN2O2S/c1-2-24-18-7-5-13(17(12-22)23-26)10-15(18)16-11-14(6-8-19(16)24)21(25)20-4-3-9-27-20/h3-11,26H,2,12H2,1H3. The molecule has 0 aliphatic carbocycles. The van der Waals surface area contributed by atoms with Crippen LogP contribution in [-0.4, -0.2) is 27.1 Å². The zero-order valence-electron chi connectivity index (χ0n) is 14.6. The first-order valence-electron chi connectivity index (χ1n) is 8.59. The van der Waals surface area contributed by atoms with Crippen LogP contribution in [0.1, 0.15) is 27.7 Å². The predicted molar refractivity (Wildman–Crippen MR) is 112 cm³/mol. The molecule has 1 N–H and O–H groups in total. The second kappa shape index (κ2) is 7.18. The van der Waals surface area contributed by atoms with Gasteiger partial charge in [0.25, 0.3) is 0 Å². The van der Waals surface area contributed by atoms with Crippen molar-refractivity contribution in [1.29, 1.82) is 0 Å². The summed E-state index contributed by atoms with van der Waals surface area (Å²) in [6.07, 6.45) is 0. The Kier molecular flexibility index (Phi) is 4.72. The van der Waals surface area contributed by atoms with E-state index in [1.54, 1.807) is 0 Å². The van der Waals surface area contributed by atoms with E-state index in [0.29, 0.717) is 11.3 Å². The highest BCUT2D eigenvalue weighted by Crippen LogP contribution is 2.31. The number of carbonyl (C=O) groups is 1. The third kappa shape index (κ3) is 2.93. The minimum Gasteiger partial charge on any atom is -0.411 e. The fourth-order valence-electron chi connectivity index (χ4n) is 3.48. The third-order valence-electron chi connectivity index (χ3n) is 4.77. The summed E-state index contributed by atoms with van der Waals surface area (Å²) in [6.45, 7) is 2.91. The fraction of sp³-hybridized carbons (Fsp3) is 0.143. The summed E-state index contributed by atoms with van der Waals surface area (Å²) in [4.78, 5) is 13.5. The van der Waals surface area contributed by atoms with Gasteiger partial charge >= 0.3 is 0 Å². The first-order chi connectivity index (χ1) is 13.2. The number of alkyl halides is 1. The van der Waals surface area contributed by atoms with Crippen LogP contribution in [0.3, 0.4) is 0 Å². The Morgan fingerprint density at radius 1 is 1.11 bits per heavy atom. The molecule has 0 saturated heterocycles. The van der Waals surface area contributed by atoms with Gasteiger partial charge in [0, 0.05) is 39.5 Å². The molecular formula is C21H17ClN2O2S. The van der Waals surface area contributed by atoms with Crippen LogP contribution in [0.5, 0.6) is 0 Å². The van der Waals surface area contributed by atoms with E-state index in [1.807, 2.05) is 53.9 Å². The number of hydrogen-bond donors (Lipinski definition) is 1. The lowest BCUT2D eigenvalue weighted by Crippen LogP contribution is -2.02. The van der Waals surface area contributed by atoms with Crippen molar-refractivity contribution in [3.8, 4) is 0 Å². The molecule has 0 aliphatic rings. The molecule has 4 nitrogen and oxygen atoms in total. The molecule has 2 aromatic carbocycles. The number of hydrogen-bond acceptors (Lipinski definition) is 4. The number of nitrogens with zero attached hydrogens (tertiary/aromatic N) is 2. The van der Waals surface area contributed by atoms with Crippen molar-refractivity contribution < 1.29 is 10.0 Å². The second-order valence-corrected chi connectivity index (χ2v) is 7.41. The fourth-order valence-corrected chi connectivity index (χ4v) is 4.37. The van der Waals surface area contributed by atoms with Crippen molar-refractivity contribution in [2.45, 2.75) is 13.5 Å². The van der Waals surface area contributed by atoms with Gasteiger partial charge in [-0.2, -0.15) is 0 Å². The Morgan fingerprint density at radius 3 is 2.33 bits per heavy atom. The van der Waals surface area contributed by atoms with Gasteiger partial charge in [0.05, 0.1) is 10.8 Å². The maximum absolute atomic E-state index is 12.8. The van der Waals surface area contributed by atoms with Crippen molar-refractivity contribution in [2.24, 2.45) is 5.16 Å². The number of fused-ring (bicyclic) bond motifs is 3. The molecule has 2 aromatic heterocycles. The maximum Gasteiger partial charge on any atom is 0.202 e. The lowest BCUT2D eigenvalue weighted by atomic mass is 10.0. The highest BCUT2D eigenvalue weighted by Gasteiger charge is 2.16. The van der Waals surface area contributed by atoms with Gasteiger partial charge in [-0.3, -0.25) is 4.79 Å².